The Hall–Kier alpha value is -1.55. The van der Waals surface area contributed by atoms with Gasteiger partial charge in [-0.15, -0.1) is 0 Å². The Kier molecular flexibility index (Phi) is 7.09. The Morgan fingerprint density at radius 1 is 1.20 bits per heavy atom. The number of aliphatic hydroxyl groups is 1. The van der Waals surface area contributed by atoms with Gasteiger partial charge in [-0.25, -0.2) is 0 Å². The fourth-order valence-electron chi connectivity index (χ4n) is 2.19. The van der Waals surface area contributed by atoms with E-state index in [9.17, 15) is 9.90 Å². The van der Waals surface area contributed by atoms with Gasteiger partial charge < -0.3 is 14.6 Å². The van der Waals surface area contributed by atoms with Crippen molar-refractivity contribution < 1.29 is 19.4 Å². The Morgan fingerprint density at radius 2 is 1.90 bits per heavy atom. The monoisotopic (exact) mass is 280 g/mol. The molecule has 2 unspecified atom stereocenters. The van der Waals surface area contributed by atoms with E-state index < -0.39 is 12.0 Å². The van der Waals surface area contributed by atoms with Crippen molar-refractivity contribution in [2.45, 2.75) is 39.7 Å². The van der Waals surface area contributed by atoms with Crippen molar-refractivity contribution in [3.05, 3.63) is 29.8 Å². The Balaban J connectivity index is 2.99. The summed E-state index contributed by atoms with van der Waals surface area (Å²) in [7, 11) is 0. The molecule has 1 rings (SSSR count). The van der Waals surface area contributed by atoms with E-state index in [-0.39, 0.29) is 5.97 Å². The van der Waals surface area contributed by atoms with Crippen LogP contribution in [0.5, 0.6) is 5.75 Å². The molecule has 112 valence electrons. The smallest absolute Gasteiger partial charge is 0.311 e. The fourth-order valence-corrected chi connectivity index (χ4v) is 2.19. The Labute approximate surface area is 120 Å². The van der Waals surface area contributed by atoms with E-state index in [2.05, 4.69) is 0 Å². The molecule has 4 nitrogen and oxygen atoms in total. The summed E-state index contributed by atoms with van der Waals surface area (Å²) < 4.78 is 10.6. The highest BCUT2D eigenvalue weighted by atomic mass is 16.5. The molecule has 4 heteroatoms. The molecule has 20 heavy (non-hydrogen) atoms. The number of aliphatic hydroxyl groups excluding tert-OH is 1. The number of carbonyl (C=O) groups is 1. The molecule has 1 aromatic carbocycles. The standard InChI is InChI=1S/C16H24O4/c1-4-9-13(16(18)20-6-3)15(17)12-10-7-8-11-14(12)19-5-2/h7-8,10-11,13,15,17H,4-6,9H2,1-3H3. The molecule has 0 spiro atoms. The first-order valence-electron chi connectivity index (χ1n) is 7.22. The van der Waals surface area contributed by atoms with Crippen molar-refractivity contribution in [3.8, 4) is 5.75 Å². The molecule has 1 aromatic rings. The van der Waals surface area contributed by atoms with Gasteiger partial charge in [-0.05, 0) is 26.3 Å². The third-order valence-electron chi connectivity index (χ3n) is 3.11. The third-order valence-corrected chi connectivity index (χ3v) is 3.11. The summed E-state index contributed by atoms with van der Waals surface area (Å²) in [4.78, 5) is 12.0. The number of esters is 1. The number of benzene rings is 1. The van der Waals surface area contributed by atoms with E-state index >= 15 is 0 Å². The molecule has 0 aliphatic rings. The quantitative estimate of drug-likeness (QED) is 0.743. The van der Waals surface area contributed by atoms with Crippen molar-refractivity contribution in [1.82, 2.24) is 0 Å². The number of ether oxygens (including phenoxy) is 2. The third kappa shape index (κ3) is 4.23. The maximum atomic E-state index is 12.0. The predicted molar refractivity (Wildman–Crippen MR) is 77.6 cm³/mol. The van der Waals surface area contributed by atoms with E-state index in [1.165, 1.54) is 0 Å². The first-order valence-corrected chi connectivity index (χ1v) is 7.22. The lowest BCUT2D eigenvalue weighted by Crippen LogP contribution is -2.25. The zero-order valence-electron chi connectivity index (χ0n) is 12.5. The van der Waals surface area contributed by atoms with Crippen LogP contribution in [0.15, 0.2) is 24.3 Å². The molecule has 0 aliphatic carbocycles. The summed E-state index contributed by atoms with van der Waals surface area (Å²) in [5.74, 6) is -0.289. The van der Waals surface area contributed by atoms with E-state index in [4.69, 9.17) is 9.47 Å². The molecule has 1 N–H and O–H groups in total. The van der Waals surface area contributed by atoms with E-state index in [0.29, 0.717) is 30.9 Å². The molecule has 0 fully saturated rings. The fraction of sp³-hybridized carbons (Fsp3) is 0.562. The Bertz CT molecular complexity index is 417. The first kappa shape index (κ1) is 16.5. The van der Waals surface area contributed by atoms with Crippen molar-refractivity contribution in [1.29, 1.82) is 0 Å². The Morgan fingerprint density at radius 3 is 2.50 bits per heavy atom. The highest BCUT2D eigenvalue weighted by Gasteiger charge is 2.30. The lowest BCUT2D eigenvalue weighted by atomic mass is 9.91. The lowest BCUT2D eigenvalue weighted by Gasteiger charge is -2.23. The molecule has 0 saturated heterocycles. The highest BCUT2D eigenvalue weighted by molar-refractivity contribution is 5.73. The normalized spacial score (nSPS) is 13.6. The predicted octanol–water partition coefficient (Wildman–Crippen LogP) is 3.10. The topological polar surface area (TPSA) is 55.8 Å². The second-order valence-corrected chi connectivity index (χ2v) is 4.56. The van der Waals surface area contributed by atoms with E-state index in [1.807, 2.05) is 26.0 Å². The summed E-state index contributed by atoms with van der Waals surface area (Å²) in [6, 6.07) is 7.27. The summed E-state index contributed by atoms with van der Waals surface area (Å²) in [5.41, 5.74) is 0.640. The minimum atomic E-state index is -0.906. The first-order chi connectivity index (χ1) is 9.65. The van der Waals surface area contributed by atoms with Gasteiger partial charge in [-0.3, -0.25) is 4.79 Å². The molecule has 0 saturated carbocycles. The van der Waals surface area contributed by atoms with Crippen molar-refractivity contribution >= 4 is 5.97 Å². The van der Waals surface area contributed by atoms with Gasteiger partial charge in [0.1, 0.15) is 5.75 Å². The second-order valence-electron chi connectivity index (χ2n) is 4.56. The molecule has 2 atom stereocenters. The van der Waals surface area contributed by atoms with Crippen molar-refractivity contribution in [3.63, 3.8) is 0 Å². The van der Waals surface area contributed by atoms with Crippen molar-refractivity contribution in [2.75, 3.05) is 13.2 Å². The number of rotatable bonds is 8. The van der Waals surface area contributed by atoms with Crippen LogP contribution in [0.1, 0.15) is 45.3 Å². The minimum absolute atomic E-state index is 0.318. The summed E-state index contributed by atoms with van der Waals surface area (Å²) in [5, 5.41) is 10.5. The van der Waals surface area contributed by atoms with Crippen LogP contribution < -0.4 is 4.74 Å². The number of para-hydroxylation sites is 1. The van der Waals surface area contributed by atoms with Gasteiger partial charge in [0.05, 0.1) is 25.2 Å². The van der Waals surface area contributed by atoms with Crippen LogP contribution in [-0.4, -0.2) is 24.3 Å². The van der Waals surface area contributed by atoms with E-state index in [0.717, 1.165) is 6.42 Å². The minimum Gasteiger partial charge on any atom is -0.493 e. The largest absolute Gasteiger partial charge is 0.493 e. The van der Waals surface area contributed by atoms with Crippen LogP contribution in [0.4, 0.5) is 0 Å². The highest BCUT2D eigenvalue weighted by Crippen LogP contribution is 2.33. The molecular formula is C16H24O4. The van der Waals surface area contributed by atoms with Gasteiger partial charge in [0.2, 0.25) is 0 Å². The average Bonchev–Trinajstić information content (AvgIpc) is 2.45. The zero-order valence-corrected chi connectivity index (χ0v) is 12.5. The van der Waals surface area contributed by atoms with E-state index in [1.54, 1.807) is 19.1 Å². The molecule has 0 aromatic heterocycles. The van der Waals surface area contributed by atoms with Gasteiger partial charge in [0, 0.05) is 5.56 Å². The summed E-state index contributed by atoms with van der Waals surface area (Å²) in [6.45, 7) is 6.47. The summed E-state index contributed by atoms with van der Waals surface area (Å²) in [6.07, 6.45) is 0.481. The van der Waals surface area contributed by atoms with Crippen LogP contribution in [-0.2, 0) is 9.53 Å². The lowest BCUT2D eigenvalue weighted by molar-refractivity contribution is -0.152. The number of carbonyl (C=O) groups excluding carboxylic acids is 1. The van der Waals surface area contributed by atoms with Crippen LogP contribution in [0.3, 0.4) is 0 Å². The van der Waals surface area contributed by atoms with Gasteiger partial charge >= 0.3 is 5.97 Å². The summed E-state index contributed by atoms with van der Waals surface area (Å²) >= 11 is 0. The van der Waals surface area contributed by atoms with Crippen LogP contribution in [0.25, 0.3) is 0 Å². The molecule has 0 bridgehead atoms. The van der Waals surface area contributed by atoms with Crippen molar-refractivity contribution in [2.24, 2.45) is 5.92 Å². The average molecular weight is 280 g/mol. The number of hydrogen-bond acceptors (Lipinski definition) is 4. The molecule has 0 amide bonds. The van der Waals surface area contributed by atoms with Crippen LogP contribution in [0.2, 0.25) is 0 Å². The molecule has 0 aliphatic heterocycles. The maximum absolute atomic E-state index is 12.0. The van der Waals surface area contributed by atoms with Crippen LogP contribution in [0, 0.1) is 5.92 Å². The zero-order chi connectivity index (χ0) is 15.0. The molecule has 0 radical (unpaired) electrons. The maximum Gasteiger partial charge on any atom is 0.311 e. The van der Waals surface area contributed by atoms with Crippen LogP contribution >= 0.6 is 0 Å². The number of hydrogen-bond donors (Lipinski definition) is 1. The van der Waals surface area contributed by atoms with Gasteiger partial charge in [0.15, 0.2) is 0 Å². The molecular weight excluding hydrogens is 256 g/mol. The SMILES string of the molecule is CCCC(C(=O)OCC)C(O)c1ccccc1OCC. The van der Waals surface area contributed by atoms with Gasteiger partial charge in [0.25, 0.3) is 0 Å². The van der Waals surface area contributed by atoms with Gasteiger partial charge in [-0.2, -0.15) is 0 Å². The van der Waals surface area contributed by atoms with Gasteiger partial charge in [-0.1, -0.05) is 31.5 Å². The molecule has 0 heterocycles. The second kappa shape index (κ2) is 8.59.